The van der Waals surface area contributed by atoms with Crippen molar-refractivity contribution in [3.8, 4) is 22.8 Å². The first-order valence-electron chi connectivity index (χ1n) is 13.2. The van der Waals surface area contributed by atoms with Gasteiger partial charge < -0.3 is 34.3 Å². The van der Waals surface area contributed by atoms with Crippen LogP contribution in [0.3, 0.4) is 0 Å². The monoisotopic (exact) mass is 567 g/mol. The van der Waals surface area contributed by atoms with Gasteiger partial charge in [-0.15, -0.1) is 0 Å². The largest absolute Gasteiger partial charge is 0.493 e. The van der Waals surface area contributed by atoms with Gasteiger partial charge in [-0.3, -0.25) is 9.78 Å². The highest BCUT2D eigenvalue weighted by molar-refractivity contribution is 6.32. The number of rotatable bonds is 7. The third kappa shape index (κ3) is 5.40. The van der Waals surface area contributed by atoms with E-state index in [1.165, 1.54) is 0 Å². The Balaban J connectivity index is 1.48. The van der Waals surface area contributed by atoms with Gasteiger partial charge in [-0.05, 0) is 45.4 Å². The number of aromatic amines is 1. The molecule has 1 saturated heterocycles. The highest BCUT2D eigenvalue weighted by atomic mass is 35.5. The summed E-state index contributed by atoms with van der Waals surface area (Å²) < 4.78 is 17.3. The maximum Gasteiger partial charge on any atom is 0.410 e. The summed E-state index contributed by atoms with van der Waals surface area (Å²) in [6.45, 7) is 7.05. The fraction of sp³-hybridized carbons (Fsp3) is 0.414. The first kappa shape index (κ1) is 27.6. The molecule has 2 N–H and O–H groups in total. The normalized spacial score (nSPS) is 16.8. The van der Waals surface area contributed by atoms with Gasteiger partial charge in [0.15, 0.2) is 5.75 Å². The Morgan fingerprint density at radius 3 is 2.75 bits per heavy atom. The van der Waals surface area contributed by atoms with Crippen LogP contribution in [0.1, 0.15) is 43.2 Å². The summed E-state index contributed by atoms with van der Waals surface area (Å²) in [4.78, 5) is 37.1. The molecule has 212 valence electrons. The maximum absolute atomic E-state index is 13.4. The summed E-state index contributed by atoms with van der Waals surface area (Å²) in [6, 6.07) is 7.14. The lowest BCUT2D eigenvalue weighted by Crippen LogP contribution is -2.55. The summed E-state index contributed by atoms with van der Waals surface area (Å²) in [5, 5.41) is 3.86. The first-order chi connectivity index (χ1) is 19.1. The topological polar surface area (TPSA) is 109 Å². The summed E-state index contributed by atoms with van der Waals surface area (Å²) in [7, 11) is 3.34. The predicted molar refractivity (Wildman–Crippen MR) is 153 cm³/mol. The van der Waals surface area contributed by atoms with E-state index in [-0.39, 0.29) is 24.6 Å². The number of halogens is 1. The molecule has 2 aromatic heterocycles. The van der Waals surface area contributed by atoms with Crippen molar-refractivity contribution in [3.63, 3.8) is 0 Å². The zero-order valence-electron chi connectivity index (χ0n) is 23.3. The third-order valence-corrected chi connectivity index (χ3v) is 7.32. The molecular formula is C29H34ClN5O5. The van der Waals surface area contributed by atoms with E-state index in [4.69, 9.17) is 25.8 Å². The number of nitrogens with one attached hydrogen (secondary N) is 2. The van der Waals surface area contributed by atoms with Gasteiger partial charge in [0, 0.05) is 44.0 Å². The van der Waals surface area contributed by atoms with Gasteiger partial charge in [0.05, 0.1) is 47.0 Å². The highest BCUT2D eigenvalue weighted by Gasteiger charge is 2.36. The number of aromatic nitrogens is 2. The molecule has 2 aliphatic rings. The van der Waals surface area contributed by atoms with Gasteiger partial charge in [-0.1, -0.05) is 17.7 Å². The second-order valence-corrected chi connectivity index (χ2v) is 11.4. The number of hydrogen-bond acceptors (Lipinski definition) is 7. The number of carbonyl (C=O) groups is 2. The molecule has 11 heteroatoms. The van der Waals surface area contributed by atoms with Crippen molar-refractivity contribution in [1.29, 1.82) is 0 Å². The molecule has 1 aromatic carbocycles. The van der Waals surface area contributed by atoms with Crippen LogP contribution in [-0.2, 0) is 11.2 Å². The summed E-state index contributed by atoms with van der Waals surface area (Å²) >= 11 is 6.39. The van der Waals surface area contributed by atoms with Crippen molar-refractivity contribution in [2.75, 3.05) is 39.2 Å². The second-order valence-electron chi connectivity index (χ2n) is 10.9. The van der Waals surface area contributed by atoms with Crippen LogP contribution >= 0.6 is 11.6 Å². The van der Waals surface area contributed by atoms with Gasteiger partial charge in [-0.25, -0.2) is 4.79 Å². The van der Waals surface area contributed by atoms with E-state index in [0.717, 1.165) is 17.7 Å². The molecule has 4 heterocycles. The Morgan fingerprint density at radius 1 is 1.25 bits per heavy atom. The molecule has 10 nitrogen and oxygen atoms in total. The third-order valence-electron chi connectivity index (χ3n) is 7.02. The zero-order valence-corrected chi connectivity index (χ0v) is 24.1. The Hall–Kier alpha value is -3.92. The van der Waals surface area contributed by atoms with E-state index in [0.29, 0.717) is 58.7 Å². The number of likely N-dealkylation sites (tertiary alicyclic amines) is 1. The quantitative estimate of drug-likeness (QED) is 0.388. The summed E-state index contributed by atoms with van der Waals surface area (Å²) in [6.07, 6.45) is 4.46. The van der Waals surface area contributed by atoms with Gasteiger partial charge in [-0.2, -0.15) is 0 Å². The van der Waals surface area contributed by atoms with Crippen molar-refractivity contribution in [2.24, 2.45) is 0 Å². The molecule has 0 spiro atoms. The molecule has 5 rings (SSSR count). The van der Waals surface area contributed by atoms with Crippen LogP contribution < -0.4 is 14.8 Å². The standard InChI is InChI=1S/C29H34ClN5O5/c1-29(2,3)40-28(37)35-14-10-17(35)16-39-22-15-31-12-9-18(22)24-25(23-20(32-24)11-13-34(4)27(23)36)33-21-8-6-7-19(30)26(21)38-5/h6-9,12,15,17,32-33H,10-11,13-14,16H2,1-5H3/t17-/m0/s1. The van der Waals surface area contributed by atoms with Crippen LogP contribution in [-0.4, -0.2) is 77.3 Å². The lowest BCUT2D eigenvalue weighted by atomic mass is 10.0. The average molecular weight is 568 g/mol. The average Bonchev–Trinajstić information content (AvgIpc) is 3.23. The Morgan fingerprint density at radius 2 is 2.05 bits per heavy atom. The van der Waals surface area contributed by atoms with E-state index >= 15 is 0 Å². The number of para-hydroxylation sites is 1. The van der Waals surface area contributed by atoms with E-state index < -0.39 is 5.60 Å². The smallest absolute Gasteiger partial charge is 0.410 e. The van der Waals surface area contributed by atoms with Crippen LogP contribution in [0, 0.1) is 0 Å². The lowest BCUT2D eigenvalue weighted by Gasteiger charge is -2.41. The van der Waals surface area contributed by atoms with Gasteiger partial charge >= 0.3 is 6.09 Å². The number of anilines is 2. The van der Waals surface area contributed by atoms with Gasteiger partial charge in [0.25, 0.3) is 5.91 Å². The predicted octanol–water partition coefficient (Wildman–Crippen LogP) is 5.50. The van der Waals surface area contributed by atoms with Crippen molar-refractivity contribution in [1.82, 2.24) is 19.8 Å². The number of ether oxygens (including phenoxy) is 3. The lowest BCUT2D eigenvalue weighted by molar-refractivity contribution is -0.0141. The minimum atomic E-state index is -0.568. The number of amides is 2. The van der Waals surface area contributed by atoms with Crippen molar-refractivity contribution in [2.45, 2.75) is 45.3 Å². The SMILES string of the molecule is COc1c(Cl)cccc1Nc1c(-c2ccncc2OC[C@@H]2CCN2C(=O)OC(C)(C)C)[nH]c2c1C(=O)N(C)CC2. The molecule has 3 aromatic rings. The second kappa shape index (κ2) is 10.9. The number of likely N-dealkylation sites (N-methyl/N-ethyl adjacent to an activating group) is 1. The molecule has 0 saturated carbocycles. The molecule has 0 aliphatic carbocycles. The number of fused-ring (bicyclic) bond motifs is 1. The van der Waals surface area contributed by atoms with Crippen LogP contribution in [0.4, 0.5) is 16.2 Å². The summed E-state index contributed by atoms with van der Waals surface area (Å²) in [5.74, 6) is 0.908. The molecule has 0 radical (unpaired) electrons. The fourth-order valence-electron chi connectivity index (χ4n) is 4.89. The number of methoxy groups -OCH3 is 1. The highest BCUT2D eigenvalue weighted by Crippen LogP contribution is 2.43. The molecule has 1 fully saturated rings. The Kier molecular flexibility index (Phi) is 7.55. The maximum atomic E-state index is 13.4. The Labute approximate surface area is 238 Å². The summed E-state index contributed by atoms with van der Waals surface area (Å²) in [5.41, 5.74) is 3.46. The van der Waals surface area contributed by atoms with Crippen molar-refractivity contribution in [3.05, 3.63) is 52.9 Å². The Bertz CT molecular complexity index is 1430. The minimum Gasteiger partial charge on any atom is -0.493 e. The molecule has 1 atom stereocenters. The molecular weight excluding hydrogens is 534 g/mol. The van der Waals surface area contributed by atoms with Crippen LogP contribution in [0.15, 0.2) is 36.7 Å². The zero-order chi connectivity index (χ0) is 28.6. The number of H-pyrrole nitrogens is 1. The number of pyridine rings is 1. The van der Waals surface area contributed by atoms with Crippen LogP contribution in [0.2, 0.25) is 5.02 Å². The molecule has 0 unspecified atom stereocenters. The fourth-order valence-corrected chi connectivity index (χ4v) is 5.14. The van der Waals surface area contributed by atoms with Gasteiger partial charge in [0.2, 0.25) is 0 Å². The van der Waals surface area contributed by atoms with Gasteiger partial charge in [0.1, 0.15) is 18.0 Å². The number of carbonyl (C=O) groups excluding carboxylic acids is 2. The van der Waals surface area contributed by atoms with E-state index in [1.54, 1.807) is 42.4 Å². The van der Waals surface area contributed by atoms with Crippen molar-refractivity contribution >= 4 is 35.0 Å². The van der Waals surface area contributed by atoms with E-state index in [1.807, 2.05) is 39.0 Å². The van der Waals surface area contributed by atoms with Crippen LogP contribution in [0.5, 0.6) is 11.5 Å². The number of hydrogen-bond donors (Lipinski definition) is 2. The molecule has 2 aliphatic heterocycles. The number of benzene rings is 1. The minimum absolute atomic E-state index is 0.0914. The van der Waals surface area contributed by atoms with Crippen LogP contribution in [0.25, 0.3) is 11.3 Å². The molecule has 2 amide bonds. The van der Waals surface area contributed by atoms with Crippen molar-refractivity contribution < 1.29 is 23.8 Å². The number of nitrogens with zero attached hydrogens (tertiary/aromatic N) is 3. The van der Waals surface area contributed by atoms with E-state index in [2.05, 4.69) is 15.3 Å². The van der Waals surface area contributed by atoms with E-state index in [9.17, 15) is 9.59 Å². The first-order valence-corrected chi connectivity index (χ1v) is 13.6. The molecule has 0 bridgehead atoms. The molecule has 40 heavy (non-hydrogen) atoms.